The van der Waals surface area contributed by atoms with Crippen LogP contribution in [0, 0.1) is 0 Å². The van der Waals surface area contributed by atoms with Crippen LogP contribution in [0.1, 0.15) is 17.3 Å². The molecule has 1 atom stereocenters. The van der Waals surface area contributed by atoms with Gasteiger partial charge in [0, 0.05) is 12.1 Å². The van der Waals surface area contributed by atoms with E-state index in [9.17, 15) is 13.2 Å². The van der Waals surface area contributed by atoms with Gasteiger partial charge in [-0.2, -0.15) is 13.8 Å². The molecule has 0 aliphatic carbocycles. The fraction of sp³-hybridized carbons (Fsp3) is 0.250. The standard InChI is InChI=1S/C16H13F3N4/c17-15-12-6-2-4-8-14(12)23(16(15,18)19)21-20-22-10-9-11-5-1-3-7-13(11)22/h1-8,15H,9-10H2. The van der Waals surface area contributed by atoms with Crippen molar-refractivity contribution < 1.29 is 13.2 Å². The van der Waals surface area contributed by atoms with Crippen molar-refractivity contribution in [3.05, 3.63) is 59.7 Å². The zero-order chi connectivity index (χ0) is 16.0. The first kappa shape index (κ1) is 14.0. The molecule has 0 radical (unpaired) electrons. The van der Waals surface area contributed by atoms with Crippen molar-refractivity contribution in [3.8, 4) is 0 Å². The molecule has 0 saturated carbocycles. The number of nitrogens with zero attached hydrogens (tertiary/aromatic N) is 4. The molecular weight excluding hydrogens is 305 g/mol. The first-order valence-corrected chi connectivity index (χ1v) is 7.27. The van der Waals surface area contributed by atoms with Crippen LogP contribution in [0.15, 0.2) is 59.0 Å². The number of rotatable bonds is 2. The van der Waals surface area contributed by atoms with Gasteiger partial charge in [-0.05, 0) is 34.6 Å². The van der Waals surface area contributed by atoms with Gasteiger partial charge < -0.3 is 0 Å². The second kappa shape index (κ2) is 4.97. The molecule has 0 bridgehead atoms. The summed E-state index contributed by atoms with van der Waals surface area (Å²) in [6.07, 6.45) is -1.64. The summed E-state index contributed by atoms with van der Waals surface area (Å²) in [7, 11) is 0. The van der Waals surface area contributed by atoms with Crippen LogP contribution in [0.4, 0.5) is 24.5 Å². The minimum Gasteiger partial charge on any atom is -0.245 e. The molecule has 23 heavy (non-hydrogen) atoms. The molecule has 2 aromatic carbocycles. The molecule has 2 aromatic rings. The normalized spacial score (nSPS) is 21.8. The number of hydrogen-bond donors (Lipinski definition) is 0. The smallest absolute Gasteiger partial charge is 0.245 e. The molecule has 7 heteroatoms. The van der Waals surface area contributed by atoms with Gasteiger partial charge in [-0.25, -0.2) is 9.40 Å². The van der Waals surface area contributed by atoms with E-state index in [0.717, 1.165) is 17.7 Å². The van der Waals surface area contributed by atoms with Crippen LogP contribution in [-0.4, -0.2) is 12.6 Å². The summed E-state index contributed by atoms with van der Waals surface area (Å²) in [6.45, 7) is 0.558. The van der Waals surface area contributed by atoms with Crippen molar-refractivity contribution >= 4 is 11.4 Å². The third-order valence-electron chi connectivity index (χ3n) is 4.13. The lowest BCUT2D eigenvalue weighted by Gasteiger charge is -2.21. The number of alkyl halides is 3. The molecule has 1 unspecified atom stereocenters. The van der Waals surface area contributed by atoms with E-state index in [2.05, 4.69) is 10.4 Å². The van der Waals surface area contributed by atoms with E-state index < -0.39 is 12.2 Å². The molecule has 2 aliphatic heterocycles. The van der Waals surface area contributed by atoms with Crippen LogP contribution in [-0.2, 0) is 6.42 Å². The predicted octanol–water partition coefficient (Wildman–Crippen LogP) is 4.45. The first-order chi connectivity index (χ1) is 11.1. The molecule has 0 N–H and O–H groups in total. The van der Waals surface area contributed by atoms with Gasteiger partial charge in [0.15, 0.2) is 0 Å². The van der Waals surface area contributed by atoms with Gasteiger partial charge in [0.2, 0.25) is 6.17 Å². The second-order valence-electron chi connectivity index (χ2n) is 5.50. The van der Waals surface area contributed by atoms with E-state index >= 15 is 0 Å². The molecule has 4 nitrogen and oxygen atoms in total. The maximum absolute atomic E-state index is 14.1. The number of para-hydroxylation sites is 2. The second-order valence-corrected chi connectivity index (χ2v) is 5.50. The van der Waals surface area contributed by atoms with Crippen LogP contribution < -0.4 is 10.0 Å². The van der Waals surface area contributed by atoms with Crippen molar-refractivity contribution in [3.63, 3.8) is 0 Å². The third-order valence-corrected chi connectivity index (χ3v) is 4.13. The zero-order valence-electron chi connectivity index (χ0n) is 12.0. The summed E-state index contributed by atoms with van der Waals surface area (Å²) in [5.41, 5.74) is 1.90. The molecule has 0 aromatic heterocycles. The van der Waals surface area contributed by atoms with Crippen LogP contribution >= 0.6 is 0 Å². The maximum Gasteiger partial charge on any atom is 0.380 e. The molecule has 2 aliphatic rings. The predicted molar refractivity (Wildman–Crippen MR) is 80.1 cm³/mol. The summed E-state index contributed by atoms with van der Waals surface area (Å²) in [5, 5.41) is 9.48. The highest BCUT2D eigenvalue weighted by atomic mass is 19.3. The number of hydrogen-bond acceptors (Lipinski definition) is 2. The van der Waals surface area contributed by atoms with E-state index in [-0.39, 0.29) is 11.3 Å². The number of anilines is 2. The van der Waals surface area contributed by atoms with Crippen molar-refractivity contribution in [2.75, 3.05) is 16.6 Å². The van der Waals surface area contributed by atoms with E-state index in [1.165, 1.54) is 18.2 Å². The lowest BCUT2D eigenvalue weighted by atomic mass is 10.1. The van der Waals surface area contributed by atoms with Crippen molar-refractivity contribution in [1.29, 1.82) is 0 Å². The number of benzene rings is 2. The van der Waals surface area contributed by atoms with Gasteiger partial charge >= 0.3 is 6.05 Å². The highest BCUT2D eigenvalue weighted by molar-refractivity contribution is 5.61. The minimum absolute atomic E-state index is 0.0428. The average Bonchev–Trinajstić information content (AvgIpc) is 3.05. The van der Waals surface area contributed by atoms with Crippen molar-refractivity contribution in [2.24, 2.45) is 10.4 Å². The van der Waals surface area contributed by atoms with Gasteiger partial charge in [-0.3, -0.25) is 0 Å². The van der Waals surface area contributed by atoms with E-state index in [0.29, 0.717) is 11.6 Å². The Morgan fingerprint density at radius 3 is 2.48 bits per heavy atom. The molecule has 2 heterocycles. The minimum atomic E-state index is -3.74. The monoisotopic (exact) mass is 318 g/mol. The Morgan fingerprint density at radius 1 is 0.957 bits per heavy atom. The van der Waals surface area contributed by atoms with Crippen LogP contribution in [0.2, 0.25) is 0 Å². The summed E-state index contributed by atoms with van der Waals surface area (Å²) in [5.74, 6) is 0. The van der Waals surface area contributed by atoms with Gasteiger partial charge in [-0.1, -0.05) is 36.4 Å². The lowest BCUT2D eigenvalue weighted by Crippen LogP contribution is -2.36. The molecule has 0 amide bonds. The Labute approximate surface area is 130 Å². The Balaban J connectivity index is 1.67. The molecule has 0 saturated heterocycles. The fourth-order valence-corrected chi connectivity index (χ4v) is 2.96. The largest absolute Gasteiger partial charge is 0.380 e. The Morgan fingerprint density at radius 2 is 1.65 bits per heavy atom. The molecular formula is C16H13F3N4. The molecule has 118 valence electrons. The Bertz CT molecular complexity index is 777. The quantitative estimate of drug-likeness (QED) is 0.605. The maximum atomic E-state index is 14.1. The van der Waals surface area contributed by atoms with Gasteiger partial charge in [0.25, 0.3) is 0 Å². The highest BCUT2D eigenvalue weighted by Gasteiger charge is 2.55. The van der Waals surface area contributed by atoms with Gasteiger partial charge in [0.1, 0.15) is 0 Å². The molecule has 0 spiro atoms. The Hall–Kier alpha value is -2.57. The highest BCUT2D eigenvalue weighted by Crippen LogP contribution is 2.50. The fourth-order valence-electron chi connectivity index (χ4n) is 2.96. The summed E-state index contributed by atoms with van der Waals surface area (Å²) in [6, 6.07) is 9.69. The first-order valence-electron chi connectivity index (χ1n) is 7.27. The third kappa shape index (κ3) is 2.07. The lowest BCUT2D eigenvalue weighted by molar-refractivity contribution is -0.0654. The zero-order valence-corrected chi connectivity index (χ0v) is 12.0. The summed E-state index contributed by atoms with van der Waals surface area (Å²) in [4.78, 5) is 0. The Kier molecular flexibility index (Phi) is 3.04. The van der Waals surface area contributed by atoms with E-state index in [1.54, 1.807) is 11.1 Å². The van der Waals surface area contributed by atoms with Crippen LogP contribution in [0.5, 0.6) is 0 Å². The SMILES string of the molecule is FC1c2ccccc2N(N=NN2CCc3ccccc32)C1(F)F. The summed E-state index contributed by atoms with van der Waals surface area (Å²) < 4.78 is 42.3. The number of fused-ring (bicyclic) bond motifs is 2. The van der Waals surface area contributed by atoms with E-state index in [1.807, 2.05) is 24.3 Å². The molecule has 4 rings (SSSR count). The van der Waals surface area contributed by atoms with Gasteiger partial charge in [0.05, 0.1) is 11.4 Å². The van der Waals surface area contributed by atoms with Gasteiger partial charge in [-0.15, -0.1) is 0 Å². The van der Waals surface area contributed by atoms with Crippen molar-refractivity contribution in [1.82, 2.24) is 0 Å². The topological polar surface area (TPSA) is 31.2 Å². The average molecular weight is 318 g/mol. The van der Waals surface area contributed by atoms with Crippen LogP contribution in [0.3, 0.4) is 0 Å². The molecule has 0 fully saturated rings. The summed E-state index contributed by atoms with van der Waals surface area (Å²) >= 11 is 0. The van der Waals surface area contributed by atoms with E-state index in [4.69, 9.17) is 0 Å². The van der Waals surface area contributed by atoms with Crippen molar-refractivity contribution in [2.45, 2.75) is 18.6 Å². The number of halogens is 3. The van der Waals surface area contributed by atoms with Crippen LogP contribution in [0.25, 0.3) is 0 Å².